The summed E-state index contributed by atoms with van der Waals surface area (Å²) in [6.07, 6.45) is 2.16. The summed E-state index contributed by atoms with van der Waals surface area (Å²) in [5, 5.41) is 3.78. The van der Waals surface area contributed by atoms with Crippen molar-refractivity contribution in [3.8, 4) is 0 Å². The molecular formula is C25H26Cl2FN5O2. The summed E-state index contributed by atoms with van der Waals surface area (Å²) < 4.78 is 20.2. The number of carbonyl (C=O) groups is 1. The first-order chi connectivity index (χ1) is 16.6. The number of fused-ring (bicyclic) bond motifs is 2. The van der Waals surface area contributed by atoms with Crippen molar-refractivity contribution in [2.24, 2.45) is 5.92 Å². The van der Waals surface area contributed by atoms with E-state index in [0.717, 1.165) is 29.6 Å². The predicted octanol–water partition coefficient (Wildman–Crippen LogP) is 6.26. The number of nitrogens with one attached hydrogen (secondary N) is 1. The van der Waals surface area contributed by atoms with Crippen molar-refractivity contribution in [1.29, 1.82) is 0 Å². The number of hydrogen-bond acceptors (Lipinski definition) is 6. The topological polar surface area (TPSA) is 70.6 Å². The molecule has 3 aromatic rings. The number of amides is 1. The first kappa shape index (κ1) is 23.9. The Hall–Kier alpha value is -2.84. The Morgan fingerprint density at radius 1 is 1.17 bits per heavy atom. The molecule has 2 fully saturated rings. The molecule has 7 nitrogen and oxygen atoms in total. The average Bonchev–Trinajstić information content (AvgIpc) is 3.39. The number of rotatable bonds is 3. The molecule has 10 heteroatoms. The Balaban J connectivity index is 1.41. The predicted molar refractivity (Wildman–Crippen MR) is 136 cm³/mol. The molecule has 5 rings (SSSR count). The van der Waals surface area contributed by atoms with Crippen molar-refractivity contribution in [2.45, 2.75) is 38.8 Å². The molecule has 0 aliphatic carbocycles. The van der Waals surface area contributed by atoms with Crippen LogP contribution < -0.4 is 10.2 Å². The van der Waals surface area contributed by atoms with Gasteiger partial charge in [0.1, 0.15) is 17.7 Å². The van der Waals surface area contributed by atoms with E-state index in [2.05, 4.69) is 20.2 Å². The summed E-state index contributed by atoms with van der Waals surface area (Å²) in [4.78, 5) is 25.4. The molecule has 2 aliphatic heterocycles. The number of carbonyl (C=O) groups excluding carboxylic acids is 1. The molecule has 0 saturated carbocycles. The van der Waals surface area contributed by atoms with Gasteiger partial charge in [-0.2, -0.15) is 0 Å². The zero-order valence-corrected chi connectivity index (χ0v) is 21.2. The van der Waals surface area contributed by atoms with Crippen LogP contribution >= 0.6 is 23.2 Å². The van der Waals surface area contributed by atoms with Gasteiger partial charge in [0.2, 0.25) is 0 Å². The summed E-state index contributed by atoms with van der Waals surface area (Å²) >= 11 is 11.9. The van der Waals surface area contributed by atoms with Gasteiger partial charge in [0.25, 0.3) is 0 Å². The Labute approximate surface area is 213 Å². The molecule has 2 aliphatic rings. The minimum atomic E-state index is -0.641. The van der Waals surface area contributed by atoms with Crippen LogP contribution in [0.5, 0.6) is 0 Å². The van der Waals surface area contributed by atoms with Crippen LogP contribution in [0.25, 0.3) is 10.9 Å². The number of hydrogen-bond donors (Lipinski definition) is 1. The van der Waals surface area contributed by atoms with E-state index >= 15 is 0 Å². The monoisotopic (exact) mass is 517 g/mol. The van der Waals surface area contributed by atoms with Gasteiger partial charge in [-0.3, -0.25) is 0 Å². The lowest BCUT2D eigenvalue weighted by Crippen LogP contribution is -2.39. The second kappa shape index (κ2) is 8.99. The van der Waals surface area contributed by atoms with Crippen molar-refractivity contribution < 1.29 is 13.9 Å². The van der Waals surface area contributed by atoms with Crippen LogP contribution in [0.15, 0.2) is 36.7 Å². The lowest BCUT2D eigenvalue weighted by atomic mass is 10.0. The summed E-state index contributed by atoms with van der Waals surface area (Å²) in [6.45, 7) is 7.82. The van der Waals surface area contributed by atoms with E-state index in [4.69, 9.17) is 27.9 Å². The molecular weight excluding hydrogens is 492 g/mol. The van der Waals surface area contributed by atoms with Crippen LogP contribution in [0, 0.1) is 11.7 Å². The zero-order chi connectivity index (χ0) is 24.9. The molecule has 35 heavy (non-hydrogen) atoms. The van der Waals surface area contributed by atoms with Gasteiger partial charge in [-0.15, -0.1) is 0 Å². The van der Waals surface area contributed by atoms with E-state index < -0.39 is 11.4 Å². The van der Waals surface area contributed by atoms with Crippen LogP contribution in [0.2, 0.25) is 10.0 Å². The first-order valence-electron chi connectivity index (χ1n) is 11.5. The lowest BCUT2D eigenvalue weighted by molar-refractivity contribution is 0.0284. The lowest BCUT2D eigenvalue weighted by Gasteiger charge is -2.28. The summed E-state index contributed by atoms with van der Waals surface area (Å²) in [5.41, 5.74) is 1.38. The minimum Gasteiger partial charge on any atom is -0.444 e. The van der Waals surface area contributed by atoms with Gasteiger partial charge in [0.15, 0.2) is 5.82 Å². The van der Waals surface area contributed by atoms with Gasteiger partial charge in [0.05, 0.1) is 27.3 Å². The van der Waals surface area contributed by atoms with E-state index in [1.165, 1.54) is 18.5 Å². The van der Waals surface area contributed by atoms with Crippen LogP contribution in [-0.4, -0.2) is 52.2 Å². The largest absolute Gasteiger partial charge is 0.444 e. The second-order valence-electron chi connectivity index (χ2n) is 9.97. The Morgan fingerprint density at radius 2 is 1.97 bits per heavy atom. The van der Waals surface area contributed by atoms with E-state index in [1.54, 1.807) is 4.90 Å². The number of nitrogens with zero attached hydrogens (tertiary/aromatic N) is 4. The Kier molecular flexibility index (Phi) is 6.13. The quantitative estimate of drug-likeness (QED) is 0.413. The molecule has 2 saturated heterocycles. The summed E-state index contributed by atoms with van der Waals surface area (Å²) in [6, 6.07) is 9.22. The van der Waals surface area contributed by atoms with Gasteiger partial charge in [-0.25, -0.2) is 19.2 Å². The zero-order valence-electron chi connectivity index (χ0n) is 19.7. The Bertz CT molecular complexity index is 1300. The molecule has 1 N–H and O–H groups in total. The van der Waals surface area contributed by atoms with Gasteiger partial charge in [-0.05, 0) is 57.5 Å². The van der Waals surface area contributed by atoms with Crippen molar-refractivity contribution in [2.75, 3.05) is 29.9 Å². The third kappa shape index (κ3) is 4.69. The highest BCUT2D eigenvalue weighted by Gasteiger charge is 2.44. The standard InChI is InChI=1S/C25H26Cl2FN5O2/c1-25(2,3)35-24(34)32-11-14-8-9-33(20(14)12-32)15-4-6-18-16(10-15)23(30-13-29-18)31-19-7-5-17(26)21(27)22(19)28/h4-7,10,13-14,20H,8-9,11-12H2,1-3H3,(H,29,30,31). The molecule has 2 unspecified atom stereocenters. The van der Waals surface area contributed by atoms with Crippen molar-refractivity contribution in [1.82, 2.24) is 14.9 Å². The number of ether oxygens (including phenoxy) is 1. The molecule has 0 radical (unpaired) electrons. The number of halogens is 3. The SMILES string of the molecule is CC(C)(C)OC(=O)N1CC2CCN(c3ccc4ncnc(Nc5ccc(Cl)c(Cl)c5F)c4c3)C2C1. The molecule has 0 bridgehead atoms. The van der Waals surface area contributed by atoms with E-state index in [0.29, 0.717) is 24.8 Å². The van der Waals surface area contributed by atoms with Crippen molar-refractivity contribution >= 4 is 57.4 Å². The van der Waals surface area contributed by atoms with E-state index in [-0.39, 0.29) is 27.9 Å². The fraction of sp³-hybridized carbons (Fsp3) is 0.400. The Morgan fingerprint density at radius 3 is 2.74 bits per heavy atom. The molecule has 184 valence electrons. The van der Waals surface area contributed by atoms with E-state index in [9.17, 15) is 9.18 Å². The second-order valence-corrected chi connectivity index (χ2v) is 10.8. The average molecular weight is 518 g/mol. The third-order valence-electron chi connectivity index (χ3n) is 6.44. The minimum absolute atomic E-state index is 0.144. The maximum Gasteiger partial charge on any atom is 0.410 e. The van der Waals surface area contributed by atoms with Crippen molar-refractivity contribution in [3.63, 3.8) is 0 Å². The van der Waals surface area contributed by atoms with Gasteiger partial charge in [0, 0.05) is 36.6 Å². The van der Waals surface area contributed by atoms with Gasteiger partial charge < -0.3 is 19.9 Å². The van der Waals surface area contributed by atoms with E-state index in [1.807, 2.05) is 39.0 Å². The fourth-order valence-electron chi connectivity index (χ4n) is 4.83. The normalized spacial score (nSPS) is 19.8. The smallest absolute Gasteiger partial charge is 0.410 e. The number of anilines is 3. The van der Waals surface area contributed by atoms with Crippen LogP contribution in [0.3, 0.4) is 0 Å². The highest BCUT2D eigenvalue weighted by molar-refractivity contribution is 6.42. The fourth-order valence-corrected chi connectivity index (χ4v) is 5.14. The van der Waals surface area contributed by atoms with Gasteiger partial charge >= 0.3 is 6.09 Å². The first-order valence-corrected chi connectivity index (χ1v) is 12.3. The highest BCUT2D eigenvalue weighted by atomic mass is 35.5. The molecule has 3 heterocycles. The van der Waals surface area contributed by atoms with Crippen LogP contribution in [0.4, 0.5) is 26.4 Å². The van der Waals surface area contributed by atoms with Gasteiger partial charge in [-0.1, -0.05) is 23.2 Å². The molecule has 2 aromatic carbocycles. The van der Waals surface area contributed by atoms with Crippen LogP contribution in [-0.2, 0) is 4.74 Å². The maximum absolute atomic E-state index is 14.7. The molecule has 2 atom stereocenters. The third-order valence-corrected chi connectivity index (χ3v) is 7.22. The highest BCUT2D eigenvalue weighted by Crippen LogP contribution is 2.38. The maximum atomic E-state index is 14.7. The molecule has 0 spiro atoms. The number of benzene rings is 2. The number of likely N-dealkylation sites (tertiary alicyclic amines) is 1. The molecule has 1 aromatic heterocycles. The summed E-state index contributed by atoms with van der Waals surface area (Å²) in [5.74, 6) is 0.206. The molecule has 1 amide bonds. The van der Waals surface area contributed by atoms with Crippen LogP contribution in [0.1, 0.15) is 27.2 Å². The van der Waals surface area contributed by atoms with Crippen molar-refractivity contribution in [3.05, 3.63) is 52.5 Å². The summed E-state index contributed by atoms with van der Waals surface area (Å²) in [7, 11) is 0. The number of aromatic nitrogens is 2.